The number of piperazine rings is 1. The lowest BCUT2D eigenvalue weighted by Crippen LogP contribution is -2.55. The molecule has 274 valence electrons. The topological polar surface area (TPSA) is 161 Å². The number of carbonyl (C=O) groups excluding carboxylic acids is 2. The Bertz CT molecular complexity index is 1140. The van der Waals surface area contributed by atoms with E-state index in [1.165, 1.54) is 0 Å². The van der Waals surface area contributed by atoms with Crippen LogP contribution >= 0.6 is 0 Å². The number of nitrogens with one attached hydrogen (secondary N) is 1. The number of epoxide rings is 1. The van der Waals surface area contributed by atoms with E-state index in [0.717, 1.165) is 19.3 Å². The number of nitrogens with zero attached hydrogens (tertiary/aromatic N) is 1. The molecule has 1 amide bonds. The Kier molecular flexibility index (Phi) is 15.1. The molecule has 3 aliphatic rings. The third kappa shape index (κ3) is 11.9. The largest absolute Gasteiger partial charge is 0.457 e. The molecule has 11 heteroatoms. The number of cyclic esters (lactones) is 1. The van der Waals surface area contributed by atoms with Crippen molar-refractivity contribution < 1.29 is 44.2 Å². The molecular weight excluding hydrogens is 616 g/mol. The number of unbranched alkanes of at least 4 members (excludes halogenated alkanes) is 1. The molecule has 0 saturated carbocycles. The van der Waals surface area contributed by atoms with Gasteiger partial charge in [-0.1, -0.05) is 64.8 Å². The first kappa shape index (κ1) is 40.2. The number of carbonyl (C=O) groups is 2. The fourth-order valence-electron chi connectivity index (χ4n) is 6.68. The number of amides is 1. The second kappa shape index (κ2) is 18.1. The van der Waals surface area contributed by atoms with Crippen LogP contribution in [0.1, 0.15) is 99.8 Å². The van der Waals surface area contributed by atoms with Crippen molar-refractivity contribution in [3.63, 3.8) is 0 Å². The van der Waals surface area contributed by atoms with Gasteiger partial charge in [-0.15, -0.1) is 0 Å². The quantitative estimate of drug-likeness (QED) is 0.0877. The summed E-state index contributed by atoms with van der Waals surface area (Å²) in [5.41, 5.74) is -1.94. The van der Waals surface area contributed by atoms with Crippen LogP contribution in [0.2, 0.25) is 0 Å². The fraction of sp³-hybridized carbons (Fsp3) is 0.784. The van der Waals surface area contributed by atoms with Gasteiger partial charge in [-0.2, -0.15) is 0 Å². The van der Waals surface area contributed by atoms with Crippen molar-refractivity contribution in [1.29, 1.82) is 0 Å². The SMILES string of the molecule is CCCCC1CNCCN1C(=O)OC1/C=C/C(C)C(/C(C)=C/C=C/C(C)(O)CC2OC2C(C)C(O)CC)OC(=O)CC(O)CCC1(C)O. The van der Waals surface area contributed by atoms with Crippen LogP contribution in [0.15, 0.2) is 36.0 Å². The Balaban J connectivity index is 1.77. The van der Waals surface area contributed by atoms with Gasteiger partial charge in [-0.05, 0) is 58.1 Å². The van der Waals surface area contributed by atoms with Gasteiger partial charge in [-0.25, -0.2) is 4.79 Å². The highest BCUT2D eigenvalue weighted by molar-refractivity contribution is 5.70. The van der Waals surface area contributed by atoms with Gasteiger partial charge in [0.05, 0.1) is 36.4 Å². The Morgan fingerprint density at radius 2 is 2.04 bits per heavy atom. The van der Waals surface area contributed by atoms with Crippen LogP contribution in [0.4, 0.5) is 4.79 Å². The van der Waals surface area contributed by atoms with E-state index in [-0.39, 0.29) is 49.3 Å². The highest BCUT2D eigenvalue weighted by atomic mass is 16.6. The average molecular weight is 679 g/mol. The highest BCUT2D eigenvalue weighted by Gasteiger charge is 2.47. The van der Waals surface area contributed by atoms with Gasteiger partial charge in [0.25, 0.3) is 0 Å². The second-order valence-corrected chi connectivity index (χ2v) is 14.7. The van der Waals surface area contributed by atoms with Gasteiger partial charge in [0.1, 0.15) is 11.7 Å². The van der Waals surface area contributed by atoms with Gasteiger partial charge >= 0.3 is 12.1 Å². The predicted molar refractivity (Wildman–Crippen MR) is 184 cm³/mol. The van der Waals surface area contributed by atoms with Crippen molar-refractivity contribution in [1.82, 2.24) is 10.2 Å². The first-order valence-corrected chi connectivity index (χ1v) is 18.0. The number of allylic oxidation sites excluding steroid dienone is 2. The smallest absolute Gasteiger partial charge is 0.410 e. The van der Waals surface area contributed by atoms with Crippen LogP contribution in [-0.2, 0) is 19.0 Å². The van der Waals surface area contributed by atoms with E-state index in [1.807, 2.05) is 27.7 Å². The van der Waals surface area contributed by atoms with Crippen molar-refractivity contribution in [2.75, 3.05) is 19.6 Å². The summed E-state index contributed by atoms with van der Waals surface area (Å²) >= 11 is 0. The molecule has 11 unspecified atom stereocenters. The molecule has 3 rings (SSSR count). The maximum Gasteiger partial charge on any atom is 0.410 e. The molecule has 2 saturated heterocycles. The third-order valence-corrected chi connectivity index (χ3v) is 10.1. The summed E-state index contributed by atoms with van der Waals surface area (Å²) in [4.78, 5) is 28.1. The lowest BCUT2D eigenvalue weighted by molar-refractivity contribution is -0.151. The van der Waals surface area contributed by atoms with E-state index < -0.39 is 47.7 Å². The standard InChI is InChI=1S/C37H62N2O9/c1-8-10-13-27-23-38-19-20-39(27)35(43)47-31-15-14-25(4)33(48-32(42)21-28(40)16-18-37(31,7)45)24(3)12-11-17-36(6,44)22-30-34(46-30)26(5)29(41)9-2/h11-12,14-15,17,25-31,33-34,38,40-41,44-45H,8-10,13,16,18-23H2,1-7H3/b15-14+,17-11+,24-12+. The summed E-state index contributed by atoms with van der Waals surface area (Å²) in [6, 6.07) is 0.00767. The molecule has 11 atom stereocenters. The van der Waals surface area contributed by atoms with Crippen LogP contribution in [0.5, 0.6) is 0 Å². The number of aliphatic hydroxyl groups is 4. The van der Waals surface area contributed by atoms with Crippen molar-refractivity contribution in [3.05, 3.63) is 36.0 Å². The van der Waals surface area contributed by atoms with Gasteiger partial charge in [0, 0.05) is 43.9 Å². The average Bonchev–Trinajstić information content (AvgIpc) is 3.79. The monoisotopic (exact) mass is 678 g/mol. The number of ether oxygens (including phenoxy) is 3. The zero-order valence-corrected chi connectivity index (χ0v) is 30.1. The van der Waals surface area contributed by atoms with Crippen LogP contribution in [-0.4, -0.2) is 111 Å². The Morgan fingerprint density at radius 3 is 2.73 bits per heavy atom. The van der Waals surface area contributed by atoms with E-state index in [4.69, 9.17) is 14.2 Å². The maximum absolute atomic E-state index is 13.5. The zero-order chi connectivity index (χ0) is 35.6. The zero-order valence-electron chi connectivity index (χ0n) is 30.1. The minimum atomic E-state index is -1.49. The Labute approximate surface area is 287 Å². The second-order valence-electron chi connectivity index (χ2n) is 14.7. The van der Waals surface area contributed by atoms with Crippen LogP contribution < -0.4 is 5.32 Å². The Morgan fingerprint density at radius 1 is 1.31 bits per heavy atom. The molecule has 0 aromatic carbocycles. The van der Waals surface area contributed by atoms with Crippen LogP contribution in [0.25, 0.3) is 0 Å². The maximum atomic E-state index is 13.5. The van der Waals surface area contributed by atoms with E-state index in [9.17, 15) is 30.0 Å². The number of rotatable bonds is 12. The number of hydrogen-bond acceptors (Lipinski definition) is 10. The van der Waals surface area contributed by atoms with Crippen molar-refractivity contribution in [2.45, 2.75) is 154 Å². The first-order chi connectivity index (χ1) is 22.6. The van der Waals surface area contributed by atoms with Crippen LogP contribution in [0, 0.1) is 11.8 Å². The predicted octanol–water partition coefficient (Wildman–Crippen LogP) is 4.17. The summed E-state index contributed by atoms with van der Waals surface area (Å²) in [6.45, 7) is 14.9. The molecule has 3 heterocycles. The molecule has 11 nitrogen and oxygen atoms in total. The molecule has 0 aromatic heterocycles. The molecule has 5 N–H and O–H groups in total. The number of aliphatic hydroxyl groups excluding tert-OH is 2. The molecular formula is C37H62N2O9. The van der Waals surface area contributed by atoms with E-state index >= 15 is 0 Å². The summed E-state index contributed by atoms with van der Waals surface area (Å²) in [7, 11) is 0. The van der Waals surface area contributed by atoms with E-state index in [0.29, 0.717) is 38.0 Å². The third-order valence-electron chi connectivity index (χ3n) is 10.1. The number of hydrogen-bond donors (Lipinski definition) is 5. The van der Waals surface area contributed by atoms with Gasteiger partial charge in [0.2, 0.25) is 0 Å². The lowest BCUT2D eigenvalue weighted by Gasteiger charge is -2.38. The van der Waals surface area contributed by atoms with E-state index in [1.54, 1.807) is 49.1 Å². The number of esters is 1. The van der Waals surface area contributed by atoms with Gasteiger partial charge < -0.3 is 44.9 Å². The molecule has 2 fully saturated rings. The van der Waals surface area contributed by atoms with E-state index in [2.05, 4.69) is 12.2 Å². The lowest BCUT2D eigenvalue weighted by atomic mass is 9.88. The minimum Gasteiger partial charge on any atom is -0.457 e. The van der Waals surface area contributed by atoms with Crippen molar-refractivity contribution in [3.8, 4) is 0 Å². The van der Waals surface area contributed by atoms with Crippen LogP contribution in [0.3, 0.4) is 0 Å². The van der Waals surface area contributed by atoms with Crippen molar-refractivity contribution >= 4 is 12.1 Å². The molecule has 48 heavy (non-hydrogen) atoms. The van der Waals surface area contributed by atoms with Gasteiger partial charge in [-0.3, -0.25) is 4.79 Å². The normalized spacial score (nSPS) is 35.5. The fourth-order valence-corrected chi connectivity index (χ4v) is 6.68. The Hall–Kier alpha value is -2.28. The molecule has 0 spiro atoms. The molecule has 3 aliphatic heterocycles. The molecule has 0 aromatic rings. The first-order valence-electron chi connectivity index (χ1n) is 18.0. The highest BCUT2D eigenvalue weighted by Crippen LogP contribution is 2.37. The summed E-state index contributed by atoms with van der Waals surface area (Å²) < 4.78 is 17.6. The summed E-state index contributed by atoms with van der Waals surface area (Å²) in [5.74, 6) is -0.949. The van der Waals surface area contributed by atoms with Gasteiger partial charge in [0.15, 0.2) is 6.10 Å². The summed E-state index contributed by atoms with van der Waals surface area (Å²) in [5, 5.41) is 46.7. The molecule has 0 aliphatic carbocycles. The molecule has 0 radical (unpaired) electrons. The molecule has 0 bridgehead atoms. The minimum absolute atomic E-state index is 0.00767. The van der Waals surface area contributed by atoms with Crippen molar-refractivity contribution in [2.24, 2.45) is 11.8 Å². The summed E-state index contributed by atoms with van der Waals surface area (Å²) in [6.07, 6.45) is 8.63.